The molecule has 0 saturated carbocycles. The van der Waals surface area contributed by atoms with Gasteiger partial charge >= 0.3 is 0 Å². The van der Waals surface area contributed by atoms with Gasteiger partial charge in [0.05, 0.1) is 4.90 Å². The number of rotatable bonds is 6. The van der Waals surface area contributed by atoms with Crippen LogP contribution in [0.25, 0.3) is 0 Å². The number of aromatic nitrogens is 1. The number of aryl methyl sites for hydroxylation is 1. The van der Waals surface area contributed by atoms with Crippen LogP contribution in [0.2, 0.25) is 0 Å². The van der Waals surface area contributed by atoms with Crippen molar-refractivity contribution in [1.29, 1.82) is 0 Å². The molecule has 1 saturated heterocycles. The summed E-state index contributed by atoms with van der Waals surface area (Å²) in [5, 5.41) is 0. The largest absolute Gasteiger partial charge is 0.343 e. The van der Waals surface area contributed by atoms with E-state index in [4.69, 9.17) is 0 Å². The van der Waals surface area contributed by atoms with Gasteiger partial charge in [0, 0.05) is 37.9 Å². The third-order valence-electron chi connectivity index (χ3n) is 4.57. The van der Waals surface area contributed by atoms with Gasteiger partial charge in [0.2, 0.25) is 15.9 Å². The highest BCUT2D eigenvalue weighted by Gasteiger charge is 2.26. The van der Waals surface area contributed by atoms with Crippen molar-refractivity contribution >= 4 is 15.9 Å². The molecule has 1 aliphatic rings. The summed E-state index contributed by atoms with van der Waals surface area (Å²) in [6.07, 6.45) is 5.87. The molecular weight excluding hydrogens is 350 g/mol. The Balaban J connectivity index is 1.47. The molecule has 1 aromatic carbocycles. The van der Waals surface area contributed by atoms with Gasteiger partial charge in [-0.25, -0.2) is 13.1 Å². The van der Waals surface area contributed by atoms with Gasteiger partial charge in [-0.1, -0.05) is 24.3 Å². The SMILES string of the molecule is O=C(CCc1cccnc1)N1CCC(NS(=O)(=O)c2ccccc2)CC1. The van der Waals surface area contributed by atoms with Crippen molar-refractivity contribution in [1.82, 2.24) is 14.6 Å². The Hall–Kier alpha value is -2.25. The van der Waals surface area contributed by atoms with E-state index < -0.39 is 10.0 Å². The second-order valence-corrected chi connectivity index (χ2v) is 8.16. The van der Waals surface area contributed by atoms with Gasteiger partial charge in [0.1, 0.15) is 0 Å². The minimum Gasteiger partial charge on any atom is -0.343 e. The lowest BCUT2D eigenvalue weighted by atomic mass is 10.0. The summed E-state index contributed by atoms with van der Waals surface area (Å²) in [5.74, 6) is 0.109. The first-order chi connectivity index (χ1) is 12.5. The van der Waals surface area contributed by atoms with Gasteiger partial charge < -0.3 is 4.90 Å². The third-order valence-corrected chi connectivity index (χ3v) is 6.11. The highest BCUT2D eigenvalue weighted by Crippen LogP contribution is 2.16. The van der Waals surface area contributed by atoms with Crippen LogP contribution in [0.5, 0.6) is 0 Å². The summed E-state index contributed by atoms with van der Waals surface area (Å²) in [7, 11) is -3.50. The maximum Gasteiger partial charge on any atom is 0.240 e. The number of sulfonamides is 1. The summed E-state index contributed by atoms with van der Waals surface area (Å²) in [6, 6.07) is 12.1. The van der Waals surface area contributed by atoms with Crippen molar-refractivity contribution in [3.63, 3.8) is 0 Å². The van der Waals surface area contributed by atoms with Crippen LogP contribution in [-0.4, -0.2) is 43.3 Å². The first kappa shape index (κ1) is 18.5. The molecule has 1 fully saturated rings. The van der Waals surface area contributed by atoms with E-state index in [0.717, 1.165) is 5.56 Å². The molecule has 0 radical (unpaired) electrons. The quantitative estimate of drug-likeness (QED) is 0.840. The maximum absolute atomic E-state index is 12.4. The minimum atomic E-state index is -3.50. The molecule has 0 atom stereocenters. The maximum atomic E-state index is 12.4. The molecule has 1 aliphatic heterocycles. The van der Waals surface area contributed by atoms with Crippen molar-refractivity contribution in [2.45, 2.75) is 36.6 Å². The fourth-order valence-electron chi connectivity index (χ4n) is 3.09. The molecule has 1 aromatic heterocycles. The first-order valence-corrected chi connectivity index (χ1v) is 10.3. The highest BCUT2D eigenvalue weighted by atomic mass is 32.2. The number of nitrogens with zero attached hydrogens (tertiary/aromatic N) is 2. The second kappa shape index (κ2) is 8.42. The Morgan fingerprint density at radius 2 is 1.85 bits per heavy atom. The smallest absolute Gasteiger partial charge is 0.240 e. The van der Waals surface area contributed by atoms with Crippen LogP contribution in [-0.2, 0) is 21.2 Å². The van der Waals surface area contributed by atoms with Crippen molar-refractivity contribution in [2.75, 3.05) is 13.1 Å². The van der Waals surface area contributed by atoms with Crippen molar-refractivity contribution in [3.05, 3.63) is 60.4 Å². The number of carbonyl (C=O) groups excluding carboxylic acids is 1. The van der Waals surface area contributed by atoms with Gasteiger partial charge in [-0.3, -0.25) is 9.78 Å². The zero-order valence-electron chi connectivity index (χ0n) is 14.5. The fraction of sp³-hybridized carbons (Fsp3) is 0.368. The number of hydrogen-bond acceptors (Lipinski definition) is 4. The molecule has 7 heteroatoms. The molecule has 138 valence electrons. The van der Waals surface area contributed by atoms with Crippen LogP contribution in [0, 0.1) is 0 Å². The van der Waals surface area contributed by atoms with E-state index in [1.165, 1.54) is 0 Å². The predicted octanol–water partition coefficient (Wildman–Crippen LogP) is 1.98. The van der Waals surface area contributed by atoms with Gasteiger partial charge in [0.15, 0.2) is 0 Å². The summed E-state index contributed by atoms with van der Waals surface area (Å²) < 4.78 is 27.5. The summed E-state index contributed by atoms with van der Waals surface area (Å²) >= 11 is 0. The standard InChI is InChI=1S/C19H23N3O3S/c23-19(9-8-16-5-4-12-20-15-16)22-13-10-17(11-14-22)21-26(24,25)18-6-2-1-3-7-18/h1-7,12,15,17,21H,8-11,13-14H2. The van der Waals surface area contributed by atoms with Crippen LogP contribution < -0.4 is 4.72 Å². The molecule has 1 N–H and O–H groups in total. The van der Waals surface area contributed by atoms with Gasteiger partial charge in [-0.05, 0) is 43.0 Å². The van der Waals surface area contributed by atoms with Gasteiger partial charge in [-0.15, -0.1) is 0 Å². The molecule has 1 amide bonds. The number of carbonyl (C=O) groups is 1. The predicted molar refractivity (Wildman–Crippen MR) is 98.9 cm³/mol. The lowest BCUT2D eigenvalue weighted by Crippen LogP contribution is -2.46. The van der Waals surface area contributed by atoms with Crippen LogP contribution >= 0.6 is 0 Å². The molecule has 0 spiro atoms. The summed E-state index contributed by atoms with van der Waals surface area (Å²) in [4.78, 5) is 18.5. The lowest BCUT2D eigenvalue weighted by molar-refractivity contribution is -0.132. The number of pyridine rings is 1. The Kier molecular flexibility index (Phi) is 6.00. The van der Waals surface area contributed by atoms with Gasteiger partial charge in [-0.2, -0.15) is 0 Å². The molecule has 3 rings (SSSR count). The molecule has 2 aromatic rings. The molecule has 6 nitrogen and oxygen atoms in total. The number of hydrogen-bond donors (Lipinski definition) is 1. The Morgan fingerprint density at radius 1 is 1.12 bits per heavy atom. The molecular formula is C19H23N3O3S. The Labute approximate surface area is 154 Å². The van der Waals surface area contributed by atoms with Crippen molar-refractivity contribution < 1.29 is 13.2 Å². The molecule has 0 bridgehead atoms. The molecule has 0 unspecified atom stereocenters. The lowest BCUT2D eigenvalue weighted by Gasteiger charge is -2.32. The average molecular weight is 373 g/mol. The molecule has 0 aliphatic carbocycles. The minimum absolute atomic E-state index is 0.109. The fourth-order valence-corrected chi connectivity index (χ4v) is 4.42. The average Bonchev–Trinajstić information content (AvgIpc) is 2.68. The van der Waals surface area contributed by atoms with E-state index in [0.29, 0.717) is 38.8 Å². The van der Waals surface area contributed by atoms with Crippen molar-refractivity contribution in [2.24, 2.45) is 0 Å². The van der Waals surface area contributed by atoms with E-state index in [2.05, 4.69) is 9.71 Å². The first-order valence-electron chi connectivity index (χ1n) is 8.79. The van der Waals surface area contributed by atoms with Crippen LogP contribution in [0.4, 0.5) is 0 Å². The number of benzene rings is 1. The van der Waals surface area contributed by atoms with Crippen molar-refractivity contribution in [3.8, 4) is 0 Å². The van der Waals surface area contributed by atoms with E-state index in [1.54, 1.807) is 42.7 Å². The van der Waals surface area contributed by atoms with Crippen LogP contribution in [0.1, 0.15) is 24.8 Å². The number of likely N-dealkylation sites (tertiary alicyclic amines) is 1. The van der Waals surface area contributed by atoms with E-state index in [1.807, 2.05) is 17.0 Å². The van der Waals surface area contributed by atoms with E-state index in [-0.39, 0.29) is 16.8 Å². The number of nitrogens with one attached hydrogen (secondary N) is 1. The second-order valence-electron chi connectivity index (χ2n) is 6.45. The summed E-state index contributed by atoms with van der Waals surface area (Å²) in [5.41, 5.74) is 1.05. The normalized spacial score (nSPS) is 15.8. The number of piperidine rings is 1. The zero-order valence-corrected chi connectivity index (χ0v) is 15.4. The van der Waals surface area contributed by atoms with E-state index >= 15 is 0 Å². The van der Waals surface area contributed by atoms with Crippen LogP contribution in [0.15, 0.2) is 59.8 Å². The Morgan fingerprint density at radius 3 is 2.50 bits per heavy atom. The van der Waals surface area contributed by atoms with Crippen LogP contribution in [0.3, 0.4) is 0 Å². The molecule has 26 heavy (non-hydrogen) atoms. The number of amides is 1. The van der Waals surface area contributed by atoms with E-state index in [9.17, 15) is 13.2 Å². The highest BCUT2D eigenvalue weighted by molar-refractivity contribution is 7.89. The molecule has 2 heterocycles. The summed E-state index contributed by atoms with van der Waals surface area (Å²) in [6.45, 7) is 1.15. The zero-order chi connectivity index (χ0) is 18.4. The third kappa shape index (κ3) is 4.89. The Bertz CT molecular complexity index is 818. The van der Waals surface area contributed by atoms with Gasteiger partial charge in [0.25, 0.3) is 0 Å². The monoisotopic (exact) mass is 373 g/mol. The topological polar surface area (TPSA) is 79.4 Å².